The van der Waals surface area contributed by atoms with Gasteiger partial charge >= 0.3 is 11.9 Å². The van der Waals surface area contributed by atoms with Crippen LogP contribution < -0.4 is 32.6 Å². The van der Waals surface area contributed by atoms with Gasteiger partial charge in [0.2, 0.25) is 17.8 Å². The summed E-state index contributed by atoms with van der Waals surface area (Å²) in [4.78, 5) is 51.9. The number of hydrogen-bond donors (Lipinski definition) is 5. The number of nitrogen functional groups attached to an aromatic ring is 1. The van der Waals surface area contributed by atoms with Crippen LogP contribution in [0.2, 0.25) is 0 Å². The van der Waals surface area contributed by atoms with E-state index >= 15 is 0 Å². The number of methoxy groups -OCH3 is 1. The molecule has 2 aromatic rings. The van der Waals surface area contributed by atoms with E-state index in [-0.39, 0.29) is 25.6 Å². The van der Waals surface area contributed by atoms with Crippen molar-refractivity contribution in [2.24, 2.45) is 5.84 Å². The van der Waals surface area contributed by atoms with Crippen molar-refractivity contribution in [3.63, 3.8) is 0 Å². The lowest BCUT2D eigenvalue weighted by atomic mass is 10.2. The lowest BCUT2D eigenvalue weighted by molar-refractivity contribution is -0.147. The molecule has 0 saturated carbocycles. The van der Waals surface area contributed by atoms with E-state index in [0.717, 1.165) is 0 Å². The second kappa shape index (κ2) is 14.0. The minimum Gasteiger partial charge on any atom is -0.494 e. The number of nitrogens with one attached hydrogen (secondary N) is 3. The van der Waals surface area contributed by atoms with Gasteiger partial charge in [-0.05, 0) is 26.0 Å². The van der Waals surface area contributed by atoms with Gasteiger partial charge in [0.25, 0.3) is 0 Å². The van der Waals surface area contributed by atoms with E-state index in [1.807, 2.05) is 5.43 Å². The van der Waals surface area contributed by atoms with Crippen molar-refractivity contribution in [2.45, 2.75) is 26.7 Å². The first-order chi connectivity index (χ1) is 15.7. The van der Waals surface area contributed by atoms with Gasteiger partial charge in [0, 0.05) is 5.39 Å². The van der Waals surface area contributed by atoms with Crippen LogP contribution in [0.4, 0.5) is 11.8 Å². The molecule has 0 spiro atoms. The second-order valence-corrected chi connectivity index (χ2v) is 5.99. The number of carbonyl (C=O) groups is 4. The first-order valence-electron chi connectivity index (χ1n) is 9.71. The van der Waals surface area contributed by atoms with Crippen molar-refractivity contribution in [3.8, 4) is 5.75 Å². The van der Waals surface area contributed by atoms with Gasteiger partial charge in [0.1, 0.15) is 24.1 Å². The number of nitrogens with zero attached hydrogens (tertiary/aromatic N) is 2. The van der Waals surface area contributed by atoms with Crippen LogP contribution in [-0.4, -0.2) is 54.0 Å². The Bertz CT molecular complexity index is 984. The summed E-state index contributed by atoms with van der Waals surface area (Å²) in [6, 6.07) is 5.24. The molecule has 0 radical (unpaired) electrons. The molecule has 1 heterocycles. The average molecular weight is 465 g/mol. The van der Waals surface area contributed by atoms with E-state index in [2.05, 4.69) is 25.6 Å². The Morgan fingerprint density at radius 3 is 2.12 bits per heavy atom. The van der Waals surface area contributed by atoms with Crippen LogP contribution in [0, 0.1) is 0 Å². The molecule has 0 saturated heterocycles. The maximum Gasteiger partial charge on any atom is 0.315 e. The molecule has 14 nitrogen and oxygen atoms in total. The summed E-state index contributed by atoms with van der Waals surface area (Å²) in [5.74, 6) is 3.27. The zero-order chi connectivity index (χ0) is 24.8. The minimum atomic E-state index is -0.611. The standard InChI is InChI=1S/C14H17N5O4.C5H10N2O3/c1-3-23-11(21)7-10(20)18-19-13-8-5-4-6-9(22-2)12(8)16-14(15)17-13;1-2-10-5(9)3-4(8)7-6/h4-6H,3,7H2,1-2H3,(H,18,20)(H3,15,16,17,19);2-3,6H2,1H3,(H,7,8). The summed E-state index contributed by atoms with van der Waals surface area (Å²) in [5, 5.41) is 0.606. The molecule has 14 heteroatoms. The Balaban J connectivity index is 0.000000461. The molecule has 0 unspecified atom stereocenters. The number of anilines is 2. The molecule has 1 aromatic carbocycles. The number of rotatable bonds is 9. The van der Waals surface area contributed by atoms with Crippen LogP contribution in [-0.2, 0) is 28.7 Å². The zero-order valence-corrected chi connectivity index (χ0v) is 18.5. The molecule has 180 valence electrons. The third-order valence-electron chi connectivity index (χ3n) is 3.63. The number of para-hydroxylation sites is 1. The number of amides is 2. The van der Waals surface area contributed by atoms with Crippen LogP contribution in [0.15, 0.2) is 18.2 Å². The molecule has 0 aliphatic heterocycles. The van der Waals surface area contributed by atoms with Crippen LogP contribution in [0.1, 0.15) is 26.7 Å². The molecular weight excluding hydrogens is 438 g/mol. The molecule has 0 bridgehead atoms. The van der Waals surface area contributed by atoms with Crippen LogP contribution >= 0.6 is 0 Å². The summed E-state index contributed by atoms with van der Waals surface area (Å²) in [7, 11) is 1.52. The van der Waals surface area contributed by atoms with Gasteiger partial charge in [0.05, 0.1) is 20.3 Å². The summed E-state index contributed by atoms with van der Waals surface area (Å²) >= 11 is 0. The predicted octanol–water partition coefficient (Wildman–Crippen LogP) is -0.454. The first kappa shape index (κ1) is 26.8. The Morgan fingerprint density at radius 2 is 1.58 bits per heavy atom. The Hall–Kier alpha value is -4.20. The van der Waals surface area contributed by atoms with E-state index in [4.69, 9.17) is 21.1 Å². The zero-order valence-electron chi connectivity index (χ0n) is 18.5. The highest BCUT2D eigenvalue weighted by Gasteiger charge is 2.13. The maximum absolute atomic E-state index is 11.7. The fourth-order valence-electron chi connectivity index (χ4n) is 2.31. The third kappa shape index (κ3) is 9.22. The van der Waals surface area contributed by atoms with Crippen molar-refractivity contribution in [3.05, 3.63) is 18.2 Å². The molecule has 7 N–H and O–H groups in total. The summed E-state index contributed by atoms with van der Waals surface area (Å²) in [5.41, 5.74) is 13.0. The van der Waals surface area contributed by atoms with E-state index in [1.54, 1.807) is 32.0 Å². The highest BCUT2D eigenvalue weighted by molar-refractivity contribution is 5.97. The molecule has 0 aliphatic carbocycles. The molecule has 0 fully saturated rings. The topological polar surface area (TPSA) is 210 Å². The fourth-order valence-corrected chi connectivity index (χ4v) is 2.31. The Kier molecular flexibility index (Phi) is 11.4. The minimum absolute atomic E-state index is 0.0177. The summed E-state index contributed by atoms with van der Waals surface area (Å²) in [6.45, 7) is 3.82. The lowest BCUT2D eigenvalue weighted by Crippen LogP contribution is -2.32. The number of hydrazine groups is 2. The van der Waals surface area contributed by atoms with Crippen molar-refractivity contribution < 1.29 is 33.4 Å². The molecular formula is C19H27N7O7. The number of hydrogen-bond acceptors (Lipinski definition) is 12. The molecule has 2 rings (SSSR count). The first-order valence-corrected chi connectivity index (χ1v) is 9.71. The van der Waals surface area contributed by atoms with Gasteiger partial charge in [-0.3, -0.25) is 35.5 Å². The van der Waals surface area contributed by atoms with Gasteiger partial charge in [-0.2, -0.15) is 4.98 Å². The number of aromatic nitrogens is 2. The quantitative estimate of drug-likeness (QED) is 0.105. The van der Waals surface area contributed by atoms with E-state index in [9.17, 15) is 19.2 Å². The smallest absolute Gasteiger partial charge is 0.315 e. The largest absolute Gasteiger partial charge is 0.494 e. The lowest BCUT2D eigenvalue weighted by Gasteiger charge is -2.12. The Labute approximate surface area is 189 Å². The van der Waals surface area contributed by atoms with E-state index < -0.39 is 30.2 Å². The van der Waals surface area contributed by atoms with Crippen molar-refractivity contribution >= 4 is 46.4 Å². The summed E-state index contributed by atoms with van der Waals surface area (Å²) < 4.78 is 14.4. The molecule has 0 atom stereocenters. The van der Waals surface area contributed by atoms with Crippen molar-refractivity contribution in [2.75, 3.05) is 31.5 Å². The monoisotopic (exact) mass is 465 g/mol. The van der Waals surface area contributed by atoms with E-state index in [1.165, 1.54) is 7.11 Å². The Morgan fingerprint density at radius 1 is 0.970 bits per heavy atom. The molecule has 0 aliphatic rings. The summed E-state index contributed by atoms with van der Waals surface area (Å²) in [6.07, 6.45) is -0.715. The molecule has 1 aromatic heterocycles. The van der Waals surface area contributed by atoms with Crippen LogP contribution in [0.3, 0.4) is 0 Å². The predicted molar refractivity (Wildman–Crippen MR) is 117 cm³/mol. The number of benzene rings is 1. The number of esters is 2. The number of ether oxygens (including phenoxy) is 3. The number of nitrogens with two attached hydrogens (primary N) is 2. The van der Waals surface area contributed by atoms with Gasteiger partial charge < -0.3 is 19.9 Å². The molecule has 2 amide bonds. The fraction of sp³-hybridized carbons (Fsp3) is 0.368. The highest BCUT2D eigenvalue weighted by atomic mass is 16.5. The van der Waals surface area contributed by atoms with Gasteiger partial charge in [-0.25, -0.2) is 10.8 Å². The highest BCUT2D eigenvalue weighted by Crippen LogP contribution is 2.28. The molecule has 33 heavy (non-hydrogen) atoms. The van der Waals surface area contributed by atoms with E-state index in [0.29, 0.717) is 22.5 Å². The third-order valence-corrected chi connectivity index (χ3v) is 3.63. The number of carbonyl (C=O) groups excluding carboxylic acids is 4. The van der Waals surface area contributed by atoms with Crippen LogP contribution in [0.5, 0.6) is 5.75 Å². The van der Waals surface area contributed by atoms with Gasteiger partial charge in [-0.15, -0.1) is 0 Å². The van der Waals surface area contributed by atoms with Gasteiger partial charge in [0.15, 0.2) is 5.82 Å². The normalized spacial score (nSPS) is 9.70. The SMILES string of the molecule is CCOC(=O)CC(=O)NN.CCOC(=O)CC(=O)NNc1nc(N)nc2c(OC)cccc12. The van der Waals surface area contributed by atoms with Crippen LogP contribution in [0.25, 0.3) is 10.9 Å². The maximum atomic E-state index is 11.7. The second-order valence-electron chi connectivity index (χ2n) is 5.99. The number of fused-ring (bicyclic) bond motifs is 1. The van der Waals surface area contributed by atoms with Crippen molar-refractivity contribution in [1.82, 2.24) is 20.8 Å². The average Bonchev–Trinajstić information content (AvgIpc) is 2.77. The van der Waals surface area contributed by atoms with Crippen molar-refractivity contribution in [1.29, 1.82) is 0 Å². The van der Waals surface area contributed by atoms with Gasteiger partial charge in [-0.1, -0.05) is 6.07 Å².